The minimum Gasteiger partial charge on any atom is -0.444 e. The number of ether oxygens (including phenoxy) is 1. The van der Waals surface area contributed by atoms with Crippen LogP contribution in [0.15, 0.2) is 54.7 Å². The fourth-order valence-electron chi connectivity index (χ4n) is 5.61. The maximum atomic E-state index is 13.2. The summed E-state index contributed by atoms with van der Waals surface area (Å²) in [5, 5.41) is 2.87. The van der Waals surface area contributed by atoms with Gasteiger partial charge in [0.05, 0.1) is 0 Å². The summed E-state index contributed by atoms with van der Waals surface area (Å²) in [4.78, 5) is 22.1. The van der Waals surface area contributed by atoms with Crippen LogP contribution in [0.4, 0.5) is 10.5 Å². The van der Waals surface area contributed by atoms with E-state index in [0.717, 1.165) is 49.6 Å². The number of carbonyl (C=O) groups is 1. The molecule has 1 aliphatic heterocycles. The molecule has 0 radical (unpaired) electrons. The highest BCUT2D eigenvalue weighted by molar-refractivity contribution is 6.34. The first kappa shape index (κ1) is 23.9. The number of nitrogens with zero attached hydrogens (tertiary/aromatic N) is 3. The maximum Gasteiger partial charge on any atom is 0.410 e. The standard InChI is InChI=1S/C29H34ClN3O2/c1-29(2,3)35-28(34)33(19-20-8-5-4-6-9-20)23-14-12-22(13-15-23)32-17-16-21-18-31-27(30)24-10-7-11-25(32)26(21)24/h4-11,18,22-23H,12-17,19H2,1-3H3. The lowest BCUT2D eigenvalue weighted by Crippen LogP contribution is -2.48. The molecule has 5 nitrogen and oxygen atoms in total. The van der Waals surface area contributed by atoms with E-state index >= 15 is 0 Å². The molecule has 1 aromatic heterocycles. The van der Waals surface area contributed by atoms with Gasteiger partial charge in [0.1, 0.15) is 10.8 Å². The molecule has 1 fully saturated rings. The van der Waals surface area contributed by atoms with Crippen LogP contribution < -0.4 is 4.90 Å². The van der Waals surface area contributed by atoms with Crippen molar-refractivity contribution in [3.05, 3.63) is 71.0 Å². The Kier molecular flexibility index (Phi) is 6.63. The van der Waals surface area contributed by atoms with Crippen LogP contribution in [0.2, 0.25) is 5.15 Å². The molecule has 0 bridgehead atoms. The zero-order valence-electron chi connectivity index (χ0n) is 20.8. The smallest absolute Gasteiger partial charge is 0.410 e. The third kappa shape index (κ3) is 5.11. The quantitative estimate of drug-likeness (QED) is 0.368. The van der Waals surface area contributed by atoms with Crippen molar-refractivity contribution in [2.75, 3.05) is 11.4 Å². The fraction of sp³-hybridized carbons (Fsp3) is 0.448. The van der Waals surface area contributed by atoms with Gasteiger partial charge in [-0.25, -0.2) is 9.78 Å². The van der Waals surface area contributed by atoms with Gasteiger partial charge in [0.2, 0.25) is 0 Å². The van der Waals surface area contributed by atoms with E-state index in [1.54, 1.807) is 0 Å². The Morgan fingerprint density at radius 2 is 1.83 bits per heavy atom. The van der Waals surface area contributed by atoms with Gasteiger partial charge in [-0.1, -0.05) is 54.1 Å². The monoisotopic (exact) mass is 491 g/mol. The summed E-state index contributed by atoms with van der Waals surface area (Å²) in [5.41, 5.74) is 3.16. The lowest BCUT2D eigenvalue weighted by molar-refractivity contribution is 0.00920. The zero-order valence-corrected chi connectivity index (χ0v) is 21.6. The second kappa shape index (κ2) is 9.69. The average Bonchev–Trinajstić information content (AvgIpc) is 2.84. The topological polar surface area (TPSA) is 45.7 Å². The summed E-state index contributed by atoms with van der Waals surface area (Å²) < 4.78 is 5.82. The molecular formula is C29H34ClN3O2. The fourth-order valence-corrected chi connectivity index (χ4v) is 5.82. The summed E-state index contributed by atoms with van der Waals surface area (Å²) in [6, 6.07) is 17.2. The van der Waals surface area contributed by atoms with Crippen LogP contribution in [0.25, 0.3) is 10.8 Å². The maximum absolute atomic E-state index is 13.2. The average molecular weight is 492 g/mol. The van der Waals surface area contributed by atoms with Crippen LogP contribution in [0.3, 0.4) is 0 Å². The van der Waals surface area contributed by atoms with Crippen LogP contribution in [-0.4, -0.2) is 40.2 Å². The molecule has 0 unspecified atom stereocenters. The number of carbonyl (C=O) groups excluding carboxylic acids is 1. The second-order valence-corrected chi connectivity index (χ2v) is 11.1. The van der Waals surface area contributed by atoms with Crippen LogP contribution in [0.1, 0.15) is 57.6 Å². The molecule has 6 heteroatoms. The zero-order chi connectivity index (χ0) is 24.6. The van der Waals surface area contributed by atoms with Gasteiger partial charge in [-0.3, -0.25) is 0 Å². The van der Waals surface area contributed by atoms with Gasteiger partial charge < -0.3 is 14.5 Å². The Bertz CT molecular complexity index is 1200. The first-order valence-corrected chi connectivity index (χ1v) is 13.0. The molecule has 1 amide bonds. The second-order valence-electron chi connectivity index (χ2n) is 10.8. The van der Waals surface area contributed by atoms with Crippen molar-refractivity contribution in [3.8, 4) is 0 Å². The van der Waals surface area contributed by atoms with Gasteiger partial charge >= 0.3 is 6.09 Å². The predicted molar refractivity (Wildman–Crippen MR) is 142 cm³/mol. The van der Waals surface area contributed by atoms with Crippen molar-refractivity contribution in [2.24, 2.45) is 0 Å². The van der Waals surface area contributed by atoms with Crippen LogP contribution in [0, 0.1) is 0 Å². The number of hydrogen-bond donors (Lipinski definition) is 0. The van der Waals surface area contributed by atoms with Crippen molar-refractivity contribution in [1.82, 2.24) is 9.88 Å². The Morgan fingerprint density at radius 3 is 2.54 bits per heavy atom. The van der Waals surface area contributed by atoms with Gasteiger partial charge in [-0.05, 0) is 70.1 Å². The van der Waals surface area contributed by atoms with Crippen LogP contribution in [0.5, 0.6) is 0 Å². The highest BCUT2D eigenvalue weighted by atomic mass is 35.5. The Labute approximate surface area is 213 Å². The number of benzene rings is 2. The van der Waals surface area contributed by atoms with E-state index in [-0.39, 0.29) is 12.1 Å². The van der Waals surface area contributed by atoms with Gasteiger partial charge in [-0.2, -0.15) is 0 Å². The van der Waals surface area contributed by atoms with Crippen LogP contribution >= 0.6 is 11.6 Å². The Morgan fingerprint density at radius 1 is 1.09 bits per heavy atom. The van der Waals surface area contributed by atoms with E-state index < -0.39 is 5.60 Å². The van der Waals surface area contributed by atoms with Gasteiger partial charge in [0.15, 0.2) is 0 Å². The van der Waals surface area contributed by atoms with Crippen molar-refractivity contribution < 1.29 is 9.53 Å². The molecule has 3 aromatic rings. The summed E-state index contributed by atoms with van der Waals surface area (Å²) in [7, 11) is 0. The summed E-state index contributed by atoms with van der Waals surface area (Å²) in [5.74, 6) is 0. The molecule has 5 rings (SSSR count). The molecule has 0 spiro atoms. The third-order valence-electron chi connectivity index (χ3n) is 7.22. The number of halogens is 1. The summed E-state index contributed by atoms with van der Waals surface area (Å²) in [6.45, 7) is 7.36. The minimum absolute atomic E-state index is 0.174. The number of rotatable bonds is 4. The lowest BCUT2D eigenvalue weighted by atomic mass is 9.87. The summed E-state index contributed by atoms with van der Waals surface area (Å²) >= 11 is 6.43. The van der Waals surface area contributed by atoms with Crippen molar-refractivity contribution >= 4 is 34.2 Å². The highest BCUT2D eigenvalue weighted by Gasteiger charge is 2.35. The Hall–Kier alpha value is -2.79. The lowest BCUT2D eigenvalue weighted by Gasteiger charge is -2.43. The number of aromatic nitrogens is 1. The molecule has 1 aliphatic carbocycles. The van der Waals surface area contributed by atoms with Crippen molar-refractivity contribution in [2.45, 2.75) is 77.1 Å². The predicted octanol–water partition coefficient (Wildman–Crippen LogP) is 7.00. The first-order valence-electron chi connectivity index (χ1n) is 12.7. The van der Waals surface area contributed by atoms with Gasteiger partial charge in [0.25, 0.3) is 0 Å². The van der Waals surface area contributed by atoms with Crippen molar-refractivity contribution in [3.63, 3.8) is 0 Å². The SMILES string of the molecule is CC(C)(C)OC(=O)N(Cc1ccccc1)C1CCC(N2CCc3cnc(Cl)c4cccc2c34)CC1. The normalized spacial score (nSPS) is 20.1. The van der Waals surface area contributed by atoms with Gasteiger partial charge in [0, 0.05) is 47.8 Å². The largest absolute Gasteiger partial charge is 0.444 e. The van der Waals surface area contributed by atoms with E-state index in [1.165, 1.54) is 16.6 Å². The minimum atomic E-state index is -0.515. The molecule has 35 heavy (non-hydrogen) atoms. The number of pyridine rings is 1. The summed E-state index contributed by atoms with van der Waals surface area (Å²) in [6.07, 6.45) is 6.72. The van der Waals surface area contributed by atoms with Crippen molar-refractivity contribution in [1.29, 1.82) is 0 Å². The third-order valence-corrected chi connectivity index (χ3v) is 7.52. The molecular weight excluding hydrogens is 458 g/mol. The molecule has 0 N–H and O–H groups in total. The van der Waals surface area contributed by atoms with E-state index in [2.05, 4.69) is 40.2 Å². The molecule has 2 aliphatic rings. The molecule has 0 saturated heterocycles. The molecule has 1 saturated carbocycles. The van der Waals surface area contributed by atoms with E-state index in [4.69, 9.17) is 16.3 Å². The number of amides is 1. The Balaban J connectivity index is 1.34. The highest BCUT2D eigenvalue weighted by Crippen LogP contribution is 2.40. The van der Waals surface area contributed by atoms with Gasteiger partial charge in [-0.15, -0.1) is 0 Å². The molecule has 2 heterocycles. The van der Waals surface area contributed by atoms with E-state index in [9.17, 15) is 4.79 Å². The molecule has 2 aromatic carbocycles. The van der Waals surface area contributed by atoms with E-state index in [0.29, 0.717) is 17.7 Å². The first-order chi connectivity index (χ1) is 16.8. The van der Waals surface area contributed by atoms with E-state index in [1.807, 2.05) is 50.1 Å². The molecule has 184 valence electrons. The van der Waals surface area contributed by atoms with Crippen LogP contribution in [-0.2, 0) is 17.7 Å². The number of anilines is 1. The number of hydrogen-bond acceptors (Lipinski definition) is 4. The molecule has 0 atom stereocenters.